The van der Waals surface area contributed by atoms with Gasteiger partial charge >= 0.3 is 5.97 Å². The van der Waals surface area contributed by atoms with E-state index >= 15 is 0 Å². The zero-order valence-electron chi connectivity index (χ0n) is 12.5. The quantitative estimate of drug-likeness (QED) is 0.847. The first-order valence-electron chi connectivity index (χ1n) is 6.97. The number of carboxylic acids is 1. The lowest BCUT2D eigenvalue weighted by Crippen LogP contribution is -2.28. The van der Waals surface area contributed by atoms with Gasteiger partial charge in [0.15, 0.2) is 0 Å². The summed E-state index contributed by atoms with van der Waals surface area (Å²) in [6.07, 6.45) is -0.740. The molecule has 0 fully saturated rings. The number of carbonyl (C=O) groups excluding carboxylic acids is 1. The van der Waals surface area contributed by atoms with Gasteiger partial charge in [-0.25, -0.2) is 4.79 Å². The number of rotatable bonds is 6. The van der Waals surface area contributed by atoms with E-state index in [1.165, 1.54) is 12.1 Å². The third-order valence-electron chi connectivity index (χ3n) is 3.20. The number of halogens is 1. The van der Waals surface area contributed by atoms with Gasteiger partial charge in [-0.2, -0.15) is 0 Å². The number of carbonyl (C=O) groups is 2. The molecule has 6 heteroatoms. The average Bonchev–Trinajstić information content (AvgIpc) is 2.53. The minimum atomic E-state index is -1.20. The molecule has 0 saturated heterocycles. The van der Waals surface area contributed by atoms with Crippen LogP contribution in [0.2, 0.25) is 5.02 Å². The predicted octanol–water partition coefficient (Wildman–Crippen LogP) is 3.58. The van der Waals surface area contributed by atoms with Gasteiger partial charge in [-0.3, -0.25) is 4.79 Å². The van der Waals surface area contributed by atoms with Crippen molar-refractivity contribution in [2.45, 2.75) is 19.6 Å². The van der Waals surface area contributed by atoms with E-state index in [-0.39, 0.29) is 22.9 Å². The Balaban J connectivity index is 2.01. The third-order valence-corrected chi connectivity index (χ3v) is 3.51. The van der Waals surface area contributed by atoms with Crippen molar-refractivity contribution in [3.05, 3.63) is 64.7 Å². The smallest absolute Gasteiger partial charge is 0.339 e. The highest BCUT2D eigenvalue weighted by Crippen LogP contribution is 2.24. The highest BCUT2D eigenvalue weighted by atomic mass is 35.5. The molecular formula is C17H16ClNO4. The fraction of sp³-hybridized carbons (Fsp3) is 0.176. The molecule has 1 unspecified atom stereocenters. The molecule has 2 aromatic carbocycles. The van der Waals surface area contributed by atoms with Crippen molar-refractivity contribution in [1.29, 1.82) is 0 Å². The Labute approximate surface area is 138 Å². The molecule has 1 atom stereocenters. The summed E-state index contributed by atoms with van der Waals surface area (Å²) in [6.45, 7) is 1.89. The second-order valence-electron chi connectivity index (χ2n) is 4.90. The van der Waals surface area contributed by atoms with Gasteiger partial charge in [0.1, 0.15) is 11.7 Å². The fourth-order valence-electron chi connectivity index (χ4n) is 1.95. The van der Waals surface area contributed by atoms with E-state index in [9.17, 15) is 14.7 Å². The molecule has 0 heterocycles. The summed E-state index contributed by atoms with van der Waals surface area (Å²) in [6, 6.07) is 14.0. The second-order valence-corrected chi connectivity index (χ2v) is 5.30. The molecule has 0 aliphatic heterocycles. The Morgan fingerprint density at radius 3 is 2.52 bits per heavy atom. The number of carboxylic acid groups (broad SMARTS) is 1. The molecule has 0 radical (unpaired) electrons. The largest absolute Gasteiger partial charge is 0.478 e. The molecule has 2 N–H and O–H groups in total. The van der Waals surface area contributed by atoms with Crippen LogP contribution in [0.4, 0.5) is 5.69 Å². The molecule has 1 amide bonds. The maximum Gasteiger partial charge on any atom is 0.339 e. The predicted molar refractivity (Wildman–Crippen MR) is 87.7 cm³/mol. The molecule has 2 aromatic rings. The lowest BCUT2D eigenvalue weighted by atomic mass is 10.1. The molecule has 5 nitrogen and oxygen atoms in total. The van der Waals surface area contributed by atoms with Crippen LogP contribution in [-0.2, 0) is 16.1 Å². The number of nitrogens with one attached hydrogen (secondary N) is 1. The van der Waals surface area contributed by atoms with Crippen LogP contribution >= 0.6 is 11.6 Å². The van der Waals surface area contributed by atoms with Gasteiger partial charge in [-0.1, -0.05) is 48.0 Å². The van der Waals surface area contributed by atoms with Crippen LogP contribution in [0.1, 0.15) is 22.8 Å². The van der Waals surface area contributed by atoms with Crippen LogP contribution in [-0.4, -0.2) is 23.1 Å². The van der Waals surface area contributed by atoms with Crippen molar-refractivity contribution in [2.75, 3.05) is 5.32 Å². The number of amides is 1. The van der Waals surface area contributed by atoms with Gasteiger partial charge in [0.05, 0.1) is 17.3 Å². The number of benzene rings is 2. The average molecular weight is 334 g/mol. The van der Waals surface area contributed by atoms with E-state index in [2.05, 4.69) is 5.32 Å². The van der Waals surface area contributed by atoms with Gasteiger partial charge in [-0.15, -0.1) is 0 Å². The lowest BCUT2D eigenvalue weighted by molar-refractivity contribution is -0.127. The monoisotopic (exact) mass is 333 g/mol. The number of aromatic carboxylic acids is 1. The summed E-state index contributed by atoms with van der Waals surface area (Å²) in [5, 5.41) is 11.8. The van der Waals surface area contributed by atoms with E-state index < -0.39 is 18.0 Å². The van der Waals surface area contributed by atoms with Gasteiger partial charge in [0, 0.05) is 0 Å². The van der Waals surface area contributed by atoms with E-state index in [1.54, 1.807) is 13.0 Å². The van der Waals surface area contributed by atoms with Crippen LogP contribution in [0.25, 0.3) is 0 Å². The van der Waals surface area contributed by atoms with Crippen LogP contribution in [0.5, 0.6) is 0 Å². The van der Waals surface area contributed by atoms with E-state index in [0.717, 1.165) is 5.56 Å². The first-order valence-corrected chi connectivity index (χ1v) is 7.35. The number of ether oxygens (including phenoxy) is 1. The zero-order chi connectivity index (χ0) is 16.8. The summed E-state index contributed by atoms with van der Waals surface area (Å²) in [5.74, 6) is -1.64. The fourth-order valence-corrected chi connectivity index (χ4v) is 2.21. The molecule has 0 spiro atoms. The Hall–Kier alpha value is -2.37. The van der Waals surface area contributed by atoms with E-state index in [1.807, 2.05) is 30.3 Å². The summed E-state index contributed by atoms with van der Waals surface area (Å²) >= 11 is 5.87. The standard InChI is InChI=1S/C17H16ClNO4/c1-11(23-10-12-6-3-2-4-7-12)16(20)19-14-9-5-8-13(18)15(14)17(21)22/h2-9,11H,10H2,1H3,(H,19,20)(H,21,22). The molecule has 0 saturated carbocycles. The lowest BCUT2D eigenvalue weighted by Gasteiger charge is -2.15. The van der Waals surface area contributed by atoms with Crippen LogP contribution < -0.4 is 5.32 Å². The third kappa shape index (κ3) is 4.55. The van der Waals surface area contributed by atoms with E-state index in [4.69, 9.17) is 16.3 Å². The van der Waals surface area contributed by atoms with Gasteiger partial charge < -0.3 is 15.2 Å². The van der Waals surface area contributed by atoms with Crippen LogP contribution in [0.3, 0.4) is 0 Å². The molecule has 0 aliphatic rings. The van der Waals surface area contributed by atoms with Crippen LogP contribution in [0.15, 0.2) is 48.5 Å². The Morgan fingerprint density at radius 2 is 1.87 bits per heavy atom. The Kier molecular flexibility index (Phi) is 5.73. The first kappa shape index (κ1) is 17.0. The van der Waals surface area contributed by atoms with Gasteiger partial charge in [0.25, 0.3) is 5.91 Å². The minimum Gasteiger partial charge on any atom is -0.478 e. The van der Waals surface area contributed by atoms with Crippen molar-refractivity contribution in [1.82, 2.24) is 0 Å². The van der Waals surface area contributed by atoms with Crippen molar-refractivity contribution in [3.8, 4) is 0 Å². The van der Waals surface area contributed by atoms with Crippen molar-refractivity contribution in [3.63, 3.8) is 0 Å². The molecule has 120 valence electrons. The first-order chi connectivity index (χ1) is 11.0. The minimum absolute atomic E-state index is 0.0631. The molecule has 2 rings (SSSR count). The zero-order valence-corrected chi connectivity index (χ0v) is 13.2. The summed E-state index contributed by atoms with van der Waals surface area (Å²) < 4.78 is 5.50. The molecule has 0 aromatic heterocycles. The number of hydrogen-bond acceptors (Lipinski definition) is 3. The summed E-state index contributed by atoms with van der Waals surface area (Å²) in [5.41, 5.74) is 0.948. The Bertz CT molecular complexity index is 703. The van der Waals surface area contributed by atoms with Crippen molar-refractivity contribution < 1.29 is 19.4 Å². The number of anilines is 1. The molecule has 23 heavy (non-hydrogen) atoms. The van der Waals surface area contributed by atoms with Gasteiger partial charge in [0.2, 0.25) is 0 Å². The highest BCUT2D eigenvalue weighted by Gasteiger charge is 2.19. The summed E-state index contributed by atoms with van der Waals surface area (Å²) in [7, 11) is 0. The maximum absolute atomic E-state index is 12.1. The van der Waals surface area contributed by atoms with Crippen molar-refractivity contribution in [2.24, 2.45) is 0 Å². The Morgan fingerprint density at radius 1 is 1.17 bits per heavy atom. The second kappa shape index (κ2) is 7.76. The summed E-state index contributed by atoms with van der Waals surface area (Å²) in [4.78, 5) is 23.4. The number of hydrogen-bond donors (Lipinski definition) is 2. The molecular weight excluding hydrogens is 318 g/mol. The van der Waals surface area contributed by atoms with Crippen LogP contribution in [0, 0.1) is 0 Å². The topological polar surface area (TPSA) is 75.6 Å². The van der Waals surface area contributed by atoms with Gasteiger partial charge in [-0.05, 0) is 24.6 Å². The van der Waals surface area contributed by atoms with Crippen molar-refractivity contribution >= 4 is 29.2 Å². The normalized spacial score (nSPS) is 11.7. The molecule has 0 aliphatic carbocycles. The molecule has 0 bridgehead atoms. The highest BCUT2D eigenvalue weighted by molar-refractivity contribution is 6.34. The maximum atomic E-state index is 12.1. The van der Waals surface area contributed by atoms with E-state index in [0.29, 0.717) is 0 Å². The SMILES string of the molecule is CC(OCc1ccccc1)C(=O)Nc1cccc(Cl)c1C(=O)O.